The van der Waals surface area contributed by atoms with E-state index in [0.29, 0.717) is 22.9 Å². The third kappa shape index (κ3) is 2.71. The van der Waals surface area contributed by atoms with Crippen LogP contribution in [0, 0.1) is 0 Å². The molecule has 2 rings (SSSR count). The van der Waals surface area contributed by atoms with E-state index in [0.717, 1.165) is 6.54 Å². The molecular weight excluding hydrogens is 244 g/mol. The number of aryl methyl sites for hydroxylation is 1. The van der Waals surface area contributed by atoms with Crippen LogP contribution in [0.15, 0.2) is 30.6 Å². The molecule has 0 bridgehead atoms. The van der Waals surface area contributed by atoms with Gasteiger partial charge in [0, 0.05) is 25.0 Å². The Morgan fingerprint density at radius 3 is 2.37 bits per heavy atom. The normalized spacial score (nSPS) is 12.2. The van der Waals surface area contributed by atoms with Crippen molar-refractivity contribution in [2.45, 2.75) is 19.6 Å². The summed E-state index contributed by atoms with van der Waals surface area (Å²) < 4.78 is 12.3. The van der Waals surface area contributed by atoms with Crippen LogP contribution in [0.1, 0.15) is 24.4 Å². The van der Waals surface area contributed by atoms with Gasteiger partial charge < -0.3 is 19.1 Å². The first-order chi connectivity index (χ1) is 9.19. The SMILES string of the molecule is CCn1ccnc1C(O)c1cc(OC)cc(OC)c1. The van der Waals surface area contributed by atoms with Gasteiger partial charge >= 0.3 is 0 Å². The van der Waals surface area contributed by atoms with E-state index in [1.807, 2.05) is 17.7 Å². The lowest BCUT2D eigenvalue weighted by atomic mass is 10.1. The van der Waals surface area contributed by atoms with Crippen molar-refractivity contribution in [1.82, 2.24) is 9.55 Å². The highest BCUT2D eigenvalue weighted by molar-refractivity contribution is 5.40. The molecule has 0 aliphatic rings. The van der Waals surface area contributed by atoms with Crippen LogP contribution in [-0.4, -0.2) is 28.9 Å². The summed E-state index contributed by atoms with van der Waals surface area (Å²) in [6.45, 7) is 2.76. The zero-order valence-corrected chi connectivity index (χ0v) is 11.3. The molecule has 5 heteroatoms. The van der Waals surface area contributed by atoms with E-state index >= 15 is 0 Å². The van der Waals surface area contributed by atoms with Crippen LogP contribution in [-0.2, 0) is 6.54 Å². The smallest absolute Gasteiger partial charge is 0.142 e. The van der Waals surface area contributed by atoms with E-state index in [2.05, 4.69) is 4.98 Å². The van der Waals surface area contributed by atoms with E-state index in [1.54, 1.807) is 38.6 Å². The summed E-state index contributed by atoms with van der Waals surface area (Å²) in [7, 11) is 3.16. The summed E-state index contributed by atoms with van der Waals surface area (Å²) >= 11 is 0. The molecule has 0 amide bonds. The van der Waals surface area contributed by atoms with E-state index < -0.39 is 6.10 Å². The Kier molecular flexibility index (Phi) is 4.06. The summed E-state index contributed by atoms with van der Waals surface area (Å²) in [5, 5.41) is 10.4. The van der Waals surface area contributed by atoms with E-state index in [-0.39, 0.29) is 0 Å². The van der Waals surface area contributed by atoms with Crippen LogP contribution in [0.4, 0.5) is 0 Å². The van der Waals surface area contributed by atoms with Crippen LogP contribution < -0.4 is 9.47 Å². The van der Waals surface area contributed by atoms with E-state index in [9.17, 15) is 5.11 Å². The molecule has 0 aliphatic carbocycles. The molecule has 0 saturated heterocycles. The number of hydrogen-bond acceptors (Lipinski definition) is 4. The third-order valence-electron chi connectivity index (χ3n) is 3.02. The highest BCUT2D eigenvalue weighted by Crippen LogP contribution is 2.29. The predicted molar refractivity (Wildman–Crippen MR) is 71.5 cm³/mol. The van der Waals surface area contributed by atoms with E-state index in [1.165, 1.54) is 0 Å². The summed E-state index contributed by atoms with van der Waals surface area (Å²) in [5.41, 5.74) is 0.692. The number of rotatable bonds is 5. The van der Waals surface area contributed by atoms with Gasteiger partial charge in [0.05, 0.1) is 14.2 Å². The lowest BCUT2D eigenvalue weighted by molar-refractivity contribution is 0.204. The average Bonchev–Trinajstić information content (AvgIpc) is 2.94. The Hall–Kier alpha value is -2.01. The lowest BCUT2D eigenvalue weighted by Gasteiger charge is -2.14. The van der Waals surface area contributed by atoms with Gasteiger partial charge in [0.1, 0.15) is 23.4 Å². The topological polar surface area (TPSA) is 56.5 Å². The van der Waals surface area contributed by atoms with Crippen LogP contribution >= 0.6 is 0 Å². The first-order valence-electron chi connectivity index (χ1n) is 6.11. The minimum Gasteiger partial charge on any atom is -0.497 e. The number of imidazole rings is 1. The fraction of sp³-hybridized carbons (Fsp3) is 0.357. The minimum absolute atomic E-state index is 0.609. The van der Waals surface area contributed by atoms with Gasteiger partial charge in [0.15, 0.2) is 0 Å². The average molecular weight is 262 g/mol. The van der Waals surface area contributed by atoms with Crippen molar-refractivity contribution in [2.24, 2.45) is 0 Å². The summed E-state index contributed by atoms with van der Waals surface area (Å²) in [5.74, 6) is 1.89. The van der Waals surface area contributed by atoms with Gasteiger partial charge in [-0.25, -0.2) is 4.98 Å². The number of aromatic nitrogens is 2. The van der Waals surface area contributed by atoms with Crippen LogP contribution in [0.2, 0.25) is 0 Å². The summed E-state index contributed by atoms with van der Waals surface area (Å²) in [6.07, 6.45) is 2.72. The molecule has 0 fully saturated rings. The minimum atomic E-state index is -0.807. The maximum atomic E-state index is 10.4. The van der Waals surface area contributed by atoms with Crippen molar-refractivity contribution in [2.75, 3.05) is 14.2 Å². The number of benzene rings is 1. The molecule has 102 valence electrons. The highest BCUT2D eigenvalue weighted by Gasteiger charge is 2.17. The molecule has 0 spiro atoms. The Labute approximate surface area is 112 Å². The summed E-state index contributed by atoms with van der Waals surface area (Å²) in [6, 6.07) is 5.33. The van der Waals surface area contributed by atoms with Crippen LogP contribution in [0.25, 0.3) is 0 Å². The molecule has 2 aromatic rings. The quantitative estimate of drug-likeness (QED) is 0.895. The third-order valence-corrected chi connectivity index (χ3v) is 3.02. The molecule has 1 atom stereocenters. The number of aliphatic hydroxyl groups excluding tert-OH is 1. The number of nitrogens with zero attached hydrogens (tertiary/aromatic N) is 2. The fourth-order valence-electron chi connectivity index (χ4n) is 1.97. The molecule has 1 heterocycles. The maximum absolute atomic E-state index is 10.4. The van der Waals surface area contributed by atoms with E-state index in [4.69, 9.17) is 9.47 Å². The number of hydrogen-bond donors (Lipinski definition) is 1. The van der Waals surface area contributed by atoms with Gasteiger partial charge in [0.2, 0.25) is 0 Å². The first kappa shape index (κ1) is 13.4. The monoisotopic (exact) mass is 262 g/mol. The zero-order valence-electron chi connectivity index (χ0n) is 11.3. The van der Waals surface area contributed by atoms with Crippen molar-refractivity contribution in [3.05, 3.63) is 42.0 Å². The lowest BCUT2D eigenvalue weighted by Crippen LogP contribution is -2.09. The van der Waals surface area contributed by atoms with Crippen molar-refractivity contribution in [1.29, 1.82) is 0 Å². The Balaban J connectivity index is 2.40. The van der Waals surface area contributed by atoms with Crippen molar-refractivity contribution in [3.8, 4) is 11.5 Å². The molecular formula is C14H18N2O3. The second-order valence-corrected chi connectivity index (χ2v) is 4.12. The molecule has 5 nitrogen and oxygen atoms in total. The van der Waals surface area contributed by atoms with Crippen molar-refractivity contribution >= 4 is 0 Å². The van der Waals surface area contributed by atoms with Gasteiger partial charge in [-0.2, -0.15) is 0 Å². The van der Waals surface area contributed by atoms with Crippen LogP contribution in [0.5, 0.6) is 11.5 Å². The molecule has 1 aromatic carbocycles. The molecule has 19 heavy (non-hydrogen) atoms. The predicted octanol–water partition coefficient (Wildman–Crippen LogP) is 2.00. The molecule has 0 aliphatic heterocycles. The Morgan fingerprint density at radius 1 is 1.21 bits per heavy atom. The largest absolute Gasteiger partial charge is 0.497 e. The molecule has 1 unspecified atom stereocenters. The van der Waals surface area contributed by atoms with Gasteiger partial charge in [-0.05, 0) is 24.6 Å². The molecule has 0 saturated carbocycles. The molecule has 1 aromatic heterocycles. The second kappa shape index (κ2) is 5.75. The highest BCUT2D eigenvalue weighted by atomic mass is 16.5. The van der Waals surface area contributed by atoms with Gasteiger partial charge in [-0.15, -0.1) is 0 Å². The maximum Gasteiger partial charge on any atom is 0.142 e. The van der Waals surface area contributed by atoms with Gasteiger partial charge in [-0.3, -0.25) is 0 Å². The van der Waals surface area contributed by atoms with Crippen molar-refractivity contribution in [3.63, 3.8) is 0 Å². The number of aliphatic hydroxyl groups is 1. The van der Waals surface area contributed by atoms with Crippen LogP contribution in [0.3, 0.4) is 0 Å². The Morgan fingerprint density at radius 2 is 1.84 bits per heavy atom. The fourth-order valence-corrected chi connectivity index (χ4v) is 1.97. The summed E-state index contributed by atoms with van der Waals surface area (Å²) in [4.78, 5) is 4.21. The zero-order chi connectivity index (χ0) is 13.8. The second-order valence-electron chi connectivity index (χ2n) is 4.12. The molecule has 0 radical (unpaired) electrons. The molecule has 1 N–H and O–H groups in total. The van der Waals surface area contributed by atoms with Gasteiger partial charge in [0.25, 0.3) is 0 Å². The Bertz CT molecular complexity index is 529. The number of methoxy groups -OCH3 is 2. The first-order valence-corrected chi connectivity index (χ1v) is 6.11. The van der Waals surface area contributed by atoms with Gasteiger partial charge in [-0.1, -0.05) is 0 Å². The standard InChI is InChI=1S/C14H18N2O3/c1-4-16-6-5-15-14(16)13(17)10-7-11(18-2)9-12(8-10)19-3/h5-9,13,17H,4H2,1-3H3. The number of ether oxygens (including phenoxy) is 2. The van der Waals surface area contributed by atoms with Crippen molar-refractivity contribution < 1.29 is 14.6 Å².